The zero-order chi connectivity index (χ0) is 14.0. The van der Waals surface area contributed by atoms with Crippen molar-refractivity contribution in [3.8, 4) is 0 Å². The number of carbonyl (C=O) groups is 1. The first-order valence-corrected chi connectivity index (χ1v) is 5.98. The fourth-order valence-electron chi connectivity index (χ4n) is 1.24. The molecule has 0 aromatic carbocycles. The molecule has 0 aromatic heterocycles. The van der Waals surface area contributed by atoms with Gasteiger partial charge in [0.15, 0.2) is 0 Å². The van der Waals surface area contributed by atoms with E-state index in [0.29, 0.717) is 6.42 Å². The van der Waals surface area contributed by atoms with E-state index in [2.05, 4.69) is 11.7 Å². The van der Waals surface area contributed by atoms with Gasteiger partial charge >= 0.3 is 12.1 Å². The third kappa shape index (κ3) is 9.04. The molecule has 1 unspecified atom stereocenters. The third-order valence-electron chi connectivity index (χ3n) is 2.20. The highest BCUT2D eigenvalue weighted by molar-refractivity contribution is 5.75. The second kappa shape index (κ2) is 8.97. The molecule has 0 aliphatic rings. The van der Waals surface area contributed by atoms with Crippen LogP contribution in [-0.4, -0.2) is 23.5 Å². The number of halogens is 3. The fourth-order valence-corrected chi connectivity index (χ4v) is 1.24. The van der Waals surface area contributed by atoms with Crippen molar-refractivity contribution < 1.29 is 27.8 Å². The quantitative estimate of drug-likeness (QED) is 0.318. The fraction of sp³-hybridized carbons (Fsp3) is 0.750. The molecule has 0 aliphatic heterocycles. The van der Waals surface area contributed by atoms with Gasteiger partial charge in [0.25, 0.3) is 0 Å². The lowest BCUT2D eigenvalue weighted by molar-refractivity contribution is -0.219. The van der Waals surface area contributed by atoms with Gasteiger partial charge in [-0.05, 0) is 19.3 Å². The minimum Gasteiger partial charge on any atom is -0.429 e. The van der Waals surface area contributed by atoms with Gasteiger partial charge in [0.1, 0.15) is 0 Å². The molecule has 0 fully saturated rings. The maximum Gasteiger partial charge on any atom is 0.491 e. The Balaban J connectivity index is 3.65. The summed E-state index contributed by atoms with van der Waals surface area (Å²) >= 11 is 0. The van der Waals surface area contributed by atoms with E-state index in [1.807, 2.05) is 6.08 Å². The average molecular weight is 268 g/mol. The Morgan fingerprint density at radius 1 is 1.28 bits per heavy atom. The Labute approximate surface area is 105 Å². The van der Waals surface area contributed by atoms with Gasteiger partial charge < -0.3 is 9.84 Å². The Morgan fingerprint density at radius 2 is 1.89 bits per heavy atom. The molecule has 1 N–H and O–H groups in total. The topological polar surface area (TPSA) is 46.5 Å². The third-order valence-corrected chi connectivity index (χ3v) is 2.20. The van der Waals surface area contributed by atoms with Gasteiger partial charge in [-0.1, -0.05) is 31.9 Å². The predicted molar refractivity (Wildman–Crippen MR) is 60.7 cm³/mol. The van der Waals surface area contributed by atoms with Crippen molar-refractivity contribution in [3.63, 3.8) is 0 Å². The van der Waals surface area contributed by atoms with E-state index in [0.717, 1.165) is 25.7 Å². The van der Waals surface area contributed by atoms with E-state index in [9.17, 15) is 18.0 Å². The number of unbranched alkanes of at least 4 members (excludes halogenated alkanes) is 3. The summed E-state index contributed by atoms with van der Waals surface area (Å²) in [6.45, 7) is 2.09. The number of ether oxygens (including phenoxy) is 1. The molecule has 0 radical (unpaired) electrons. The van der Waals surface area contributed by atoms with Crippen molar-refractivity contribution in [1.82, 2.24) is 0 Å². The summed E-state index contributed by atoms with van der Waals surface area (Å²) in [7, 11) is 0. The van der Waals surface area contributed by atoms with Gasteiger partial charge in [-0.2, -0.15) is 13.2 Å². The van der Waals surface area contributed by atoms with Crippen LogP contribution in [0.15, 0.2) is 12.2 Å². The van der Waals surface area contributed by atoms with Crippen LogP contribution in [0.2, 0.25) is 0 Å². The van der Waals surface area contributed by atoms with Crippen LogP contribution in [-0.2, 0) is 9.53 Å². The van der Waals surface area contributed by atoms with E-state index < -0.39 is 18.4 Å². The van der Waals surface area contributed by atoms with Crippen molar-refractivity contribution in [1.29, 1.82) is 0 Å². The number of alkyl halides is 3. The number of carbonyl (C=O) groups excluding carboxylic acids is 1. The summed E-state index contributed by atoms with van der Waals surface area (Å²) in [6, 6.07) is 0. The molecule has 0 saturated heterocycles. The molecule has 0 amide bonds. The highest BCUT2D eigenvalue weighted by atomic mass is 19.4. The van der Waals surface area contributed by atoms with Crippen LogP contribution in [0, 0.1) is 0 Å². The van der Waals surface area contributed by atoms with E-state index in [4.69, 9.17) is 5.11 Å². The van der Waals surface area contributed by atoms with Crippen molar-refractivity contribution in [2.45, 2.75) is 57.9 Å². The van der Waals surface area contributed by atoms with Crippen molar-refractivity contribution in [2.75, 3.05) is 0 Å². The Bertz CT molecular complexity index is 262. The first kappa shape index (κ1) is 17.0. The summed E-state index contributed by atoms with van der Waals surface area (Å²) in [4.78, 5) is 10.4. The number of hydrogen-bond acceptors (Lipinski definition) is 3. The molecule has 6 heteroatoms. The zero-order valence-electron chi connectivity index (χ0n) is 10.4. The van der Waals surface area contributed by atoms with Gasteiger partial charge in [-0.15, -0.1) is 0 Å². The summed E-state index contributed by atoms with van der Waals surface area (Å²) in [6.07, 6.45) is 1.48. The second-order valence-electron chi connectivity index (χ2n) is 3.90. The zero-order valence-corrected chi connectivity index (χ0v) is 10.4. The van der Waals surface area contributed by atoms with Crippen LogP contribution in [0.1, 0.15) is 45.4 Å². The maximum absolute atomic E-state index is 11.8. The first-order chi connectivity index (χ1) is 8.38. The van der Waals surface area contributed by atoms with Gasteiger partial charge in [0, 0.05) is 6.42 Å². The normalized spacial score (nSPS) is 13.8. The minimum atomic E-state index is -5.06. The largest absolute Gasteiger partial charge is 0.491 e. The van der Waals surface area contributed by atoms with Crippen LogP contribution < -0.4 is 0 Å². The highest BCUT2D eigenvalue weighted by Crippen LogP contribution is 2.18. The van der Waals surface area contributed by atoms with Crippen molar-refractivity contribution in [2.24, 2.45) is 0 Å². The number of aliphatic hydroxyl groups is 1. The van der Waals surface area contributed by atoms with Gasteiger partial charge in [0.05, 0.1) is 0 Å². The SMILES string of the molecule is CCCCC/C=C\CCC(O)OC(=O)C(F)(F)F. The highest BCUT2D eigenvalue weighted by Gasteiger charge is 2.42. The molecule has 106 valence electrons. The molecular weight excluding hydrogens is 249 g/mol. The van der Waals surface area contributed by atoms with Crippen LogP contribution in [0.4, 0.5) is 13.2 Å². The summed E-state index contributed by atoms with van der Waals surface area (Å²) < 4.78 is 39.1. The van der Waals surface area contributed by atoms with Crippen LogP contribution in [0.25, 0.3) is 0 Å². The maximum atomic E-state index is 11.8. The standard InChI is InChI=1S/C12H19F3O3/c1-2-3-4-5-6-7-8-9-10(16)18-11(17)12(13,14)15/h6-7,10,16H,2-5,8-9H2,1H3/b7-6-. The minimum absolute atomic E-state index is 0.0356. The van der Waals surface area contributed by atoms with Crippen molar-refractivity contribution >= 4 is 5.97 Å². The van der Waals surface area contributed by atoms with Crippen LogP contribution in [0.3, 0.4) is 0 Å². The molecule has 0 aliphatic carbocycles. The monoisotopic (exact) mass is 268 g/mol. The Morgan fingerprint density at radius 3 is 2.44 bits per heavy atom. The lowest BCUT2D eigenvalue weighted by Crippen LogP contribution is -2.29. The molecule has 3 nitrogen and oxygen atoms in total. The van der Waals surface area contributed by atoms with Crippen molar-refractivity contribution in [3.05, 3.63) is 12.2 Å². The number of rotatable bonds is 8. The van der Waals surface area contributed by atoms with Gasteiger partial charge in [-0.3, -0.25) is 0 Å². The summed E-state index contributed by atoms with van der Waals surface area (Å²) in [5, 5.41) is 9.05. The smallest absolute Gasteiger partial charge is 0.429 e. The molecule has 0 aromatic rings. The Hall–Kier alpha value is -1.04. The number of allylic oxidation sites excluding steroid dienone is 2. The number of aliphatic hydroxyl groups excluding tert-OH is 1. The van der Waals surface area contributed by atoms with Gasteiger partial charge in [-0.25, -0.2) is 4.79 Å². The summed E-state index contributed by atoms with van der Waals surface area (Å²) in [5.41, 5.74) is 0. The predicted octanol–water partition coefficient (Wildman–Crippen LogP) is 3.33. The van der Waals surface area contributed by atoms with E-state index in [-0.39, 0.29) is 6.42 Å². The Kier molecular flexibility index (Phi) is 8.45. The molecule has 0 saturated carbocycles. The molecule has 18 heavy (non-hydrogen) atoms. The summed E-state index contributed by atoms with van der Waals surface area (Å²) in [5.74, 6) is -2.36. The van der Waals surface area contributed by atoms with Crippen LogP contribution >= 0.6 is 0 Å². The molecule has 1 atom stereocenters. The lowest BCUT2D eigenvalue weighted by Gasteiger charge is -2.12. The van der Waals surface area contributed by atoms with E-state index in [1.54, 1.807) is 6.08 Å². The molecular formula is C12H19F3O3. The molecule has 0 bridgehead atoms. The molecule has 0 rings (SSSR count). The molecule has 0 heterocycles. The van der Waals surface area contributed by atoms with E-state index in [1.165, 1.54) is 0 Å². The van der Waals surface area contributed by atoms with Gasteiger partial charge in [0.2, 0.25) is 6.29 Å². The lowest BCUT2D eigenvalue weighted by atomic mass is 10.2. The number of esters is 1. The second-order valence-corrected chi connectivity index (χ2v) is 3.90. The first-order valence-electron chi connectivity index (χ1n) is 5.98. The average Bonchev–Trinajstić information content (AvgIpc) is 2.26. The molecule has 0 spiro atoms. The van der Waals surface area contributed by atoms with E-state index >= 15 is 0 Å². The number of hydrogen-bond donors (Lipinski definition) is 1. The van der Waals surface area contributed by atoms with Crippen LogP contribution in [0.5, 0.6) is 0 Å².